The normalized spacial score (nSPS) is 11.5. The van der Waals surface area contributed by atoms with E-state index in [9.17, 15) is 14.0 Å². The zero-order chi connectivity index (χ0) is 15.7. The van der Waals surface area contributed by atoms with Gasteiger partial charge in [0.15, 0.2) is 11.6 Å². The molecular formula is C16H19FO4. The number of carbonyl (C=O) groups is 2. The van der Waals surface area contributed by atoms with Crippen LogP contribution in [0.4, 0.5) is 4.39 Å². The zero-order valence-electron chi connectivity index (χ0n) is 12.0. The van der Waals surface area contributed by atoms with Crippen molar-refractivity contribution in [1.29, 1.82) is 0 Å². The topological polar surface area (TPSA) is 52.6 Å². The molecule has 0 saturated carbocycles. The van der Waals surface area contributed by atoms with E-state index in [-0.39, 0.29) is 30.7 Å². The largest absolute Gasteiger partial charge is 0.462 e. The predicted molar refractivity (Wildman–Crippen MR) is 76.3 cm³/mol. The first kappa shape index (κ1) is 16.9. The van der Waals surface area contributed by atoms with Crippen LogP contribution in [0.2, 0.25) is 0 Å². The molecule has 1 aromatic carbocycles. The number of hydrogen-bond acceptors (Lipinski definition) is 4. The van der Waals surface area contributed by atoms with Crippen molar-refractivity contribution in [3.8, 4) is 5.75 Å². The Balaban J connectivity index is 2.26. The molecule has 0 aliphatic carbocycles. The second kappa shape index (κ2) is 8.89. The second-order valence-corrected chi connectivity index (χ2v) is 4.58. The third-order valence-corrected chi connectivity index (χ3v) is 2.65. The molecule has 1 rings (SSSR count). The van der Waals surface area contributed by atoms with Crippen molar-refractivity contribution in [2.24, 2.45) is 0 Å². The van der Waals surface area contributed by atoms with Crippen molar-refractivity contribution in [1.82, 2.24) is 0 Å². The molecule has 0 aliphatic rings. The maximum Gasteiger partial charge on any atom is 0.311 e. The molecule has 1 unspecified atom stereocenters. The SMILES string of the molecule is C=CCC(C)OC(=O)CCCC(=O)Oc1ccccc1F. The summed E-state index contributed by atoms with van der Waals surface area (Å²) in [6.45, 7) is 5.33. The minimum atomic E-state index is -0.594. The summed E-state index contributed by atoms with van der Waals surface area (Å²) in [6, 6.07) is 5.66. The molecule has 0 amide bonds. The van der Waals surface area contributed by atoms with Crippen molar-refractivity contribution in [2.75, 3.05) is 0 Å². The Morgan fingerprint density at radius 3 is 2.62 bits per heavy atom. The van der Waals surface area contributed by atoms with Gasteiger partial charge in [0.05, 0.1) is 0 Å². The molecule has 4 nitrogen and oxygen atoms in total. The third kappa shape index (κ3) is 6.70. The quantitative estimate of drug-likeness (QED) is 0.419. The summed E-state index contributed by atoms with van der Waals surface area (Å²) in [5.41, 5.74) is 0. The van der Waals surface area contributed by atoms with E-state index in [1.165, 1.54) is 18.2 Å². The summed E-state index contributed by atoms with van der Waals surface area (Å²) >= 11 is 0. The Morgan fingerprint density at radius 2 is 1.95 bits per heavy atom. The molecular weight excluding hydrogens is 275 g/mol. The van der Waals surface area contributed by atoms with Crippen LogP contribution in [-0.2, 0) is 14.3 Å². The first-order valence-electron chi connectivity index (χ1n) is 6.78. The Kier molecular flexibility index (Phi) is 7.15. The average Bonchev–Trinajstić information content (AvgIpc) is 2.41. The van der Waals surface area contributed by atoms with Gasteiger partial charge in [-0.2, -0.15) is 0 Å². The van der Waals surface area contributed by atoms with Crippen molar-refractivity contribution in [2.45, 2.75) is 38.7 Å². The maximum absolute atomic E-state index is 13.3. The van der Waals surface area contributed by atoms with Crippen molar-refractivity contribution in [3.05, 3.63) is 42.7 Å². The first-order valence-corrected chi connectivity index (χ1v) is 6.78. The van der Waals surface area contributed by atoms with Crippen LogP contribution in [0.1, 0.15) is 32.6 Å². The van der Waals surface area contributed by atoms with Crippen LogP contribution in [0.15, 0.2) is 36.9 Å². The number of hydrogen-bond donors (Lipinski definition) is 0. The van der Waals surface area contributed by atoms with Crippen LogP contribution >= 0.6 is 0 Å². The summed E-state index contributed by atoms with van der Waals surface area (Å²) in [5.74, 6) is -1.65. The van der Waals surface area contributed by atoms with Gasteiger partial charge in [0.2, 0.25) is 0 Å². The number of carbonyl (C=O) groups excluding carboxylic acids is 2. The van der Waals surface area contributed by atoms with E-state index < -0.39 is 11.8 Å². The van der Waals surface area contributed by atoms with Crippen molar-refractivity contribution < 1.29 is 23.5 Å². The molecule has 21 heavy (non-hydrogen) atoms. The Labute approximate surface area is 123 Å². The van der Waals surface area contributed by atoms with Crippen LogP contribution in [0.25, 0.3) is 0 Å². The molecule has 0 radical (unpaired) electrons. The summed E-state index contributed by atoms with van der Waals surface area (Å²) in [6.07, 6.45) is 2.48. The molecule has 5 heteroatoms. The van der Waals surface area contributed by atoms with Gasteiger partial charge in [-0.1, -0.05) is 18.2 Å². The lowest BCUT2D eigenvalue weighted by Gasteiger charge is -2.10. The molecule has 1 atom stereocenters. The molecule has 0 bridgehead atoms. The summed E-state index contributed by atoms with van der Waals surface area (Å²) in [5, 5.41) is 0. The number of rotatable bonds is 8. The van der Waals surface area contributed by atoms with Gasteiger partial charge in [0, 0.05) is 19.3 Å². The van der Waals surface area contributed by atoms with Gasteiger partial charge in [-0.3, -0.25) is 9.59 Å². The monoisotopic (exact) mass is 294 g/mol. The highest BCUT2D eigenvalue weighted by atomic mass is 19.1. The molecule has 0 fully saturated rings. The number of para-hydroxylation sites is 1. The molecule has 0 saturated heterocycles. The van der Waals surface area contributed by atoms with Crippen molar-refractivity contribution in [3.63, 3.8) is 0 Å². The zero-order valence-corrected chi connectivity index (χ0v) is 12.0. The molecule has 0 aliphatic heterocycles. The molecule has 0 heterocycles. The lowest BCUT2D eigenvalue weighted by molar-refractivity contribution is -0.148. The van der Waals surface area contributed by atoms with Gasteiger partial charge >= 0.3 is 11.9 Å². The van der Waals surface area contributed by atoms with Crippen LogP contribution in [0.3, 0.4) is 0 Å². The highest BCUT2D eigenvalue weighted by molar-refractivity contribution is 5.74. The van der Waals surface area contributed by atoms with Gasteiger partial charge in [0.1, 0.15) is 6.10 Å². The van der Waals surface area contributed by atoms with Gasteiger partial charge in [-0.15, -0.1) is 6.58 Å². The van der Waals surface area contributed by atoms with Crippen LogP contribution < -0.4 is 4.74 Å². The van der Waals surface area contributed by atoms with E-state index >= 15 is 0 Å². The second-order valence-electron chi connectivity index (χ2n) is 4.58. The fourth-order valence-corrected chi connectivity index (χ4v) is 1.64. The third-order valence-electron chi connectivity index (χ3n) is 2.65. The van der Waals surface area contributed by atoms with Gasteiger partial charge in [0.25, 0.3) is 0 Å². The summed E-state index contributed by atoms with van der Waals surface area (Å²) in [7, 11) is 0. The van der Waals surface area contributed by atoms with Crippen LogP contribution in [0.5, 0.6) is 5.75 Å². The Morgan fingerprint density at radius 1 is 1.29 bits per heavy atom. The van der Waals surface area contributed by atoms with Crippen molar-refractivity contribution >= 4 is 11.9 Å². The van der Waals surface area contributed by atoms with Crippen LogP contribution in [-0.4, -0.2) is 18.0 Å². The van der Waals surface area contributed by atoms with E-state index in [1.807, 2.05) is 0 Å². The number of halogens is 1. The van der Waals surface area contributed by atoms with E-state index in [0.29, 0.717) is 12.8 Å². The fraction of sp³-hybridized carbons (Fsp3) is 0.375. The predicted octanol–water partition coefficient (Wildman–Crippen LogP) is 3.41. The average molecular weight is 294 g/mol. The van der Waals surface area contributed by atoms with Gasteiger partial charge < -0.3 is 9.47 Å². The minimum absolute atomic E-state index is 0.0271. The van der Waals surface area contributed by atoms with E-state index in [0.717, 1.165) is 0 Å². The smallest absolute Gasteiger partial charge is 0.311 e. The molecule has 0 spiro atoms. The van der Waals surface area contributed by atoms with Gasteiger partial charge in [-0.05, 0) is 25.5 Å². The first-order chi connectivity index (χ1) is 10.0. The number of esters is 2. The van der Waals surface area contributed by atoms with E-state index in [2.05, 4.69) is 6.58 Å². The number of ether oxygens (including phenoxy) is 2. The highest BCUT2D eigenvalue weighted by Gasteiger charge is 2.12. The fourth-order valence-electron chi connectivity index (χ4n) is 1.64. The molecule has 0 aromatic heterocycles. The molecule has 114 valence electrons. The van der Waals surface area contributed by atoms with Crippen LogP contribution in [0, 0.1) is 5.82 Å². The Bertz CT molecular complexity index is 499. The highest BCUT2D eigenvalue weighted by Crippen LogP contribution is 2.16. The molecule has 1 aromatic rings. The van der Waals surface area contributed by atoms with Gasteiger partial charge in [-0.25, -0.2) is 4.39 Å². The lowest BCUT2D eigenvalue weighted by Crippen LogP contribution is -2.15. The minimum Gasteiger partial charge on any atom is -0.462 e. The standard InChI is InChI=1S/C16H19FO4/c1-3-7-12(2)20-15(18)10-6-11-16(19)21-14-9-5-4-8-13(14)17/h3-5,8-9,12H,1,6-7,10-11H2,2H3. The lowest BCUT2D eigenvalue weighted by atomic mass is 10.2. The number of benzene rings is 1. The summed E-state index contributed by atoms with van der Waals surface area (Å²) < 4.78 is 23.2. The summed E-state index contributed by atoms with van der Waals surface area (Å²) in [4.78, 5) is 23.0. The van der Waals surface area contributed by atoms with E-state index in [1.54, 1.807) is 19.1 Å². The maximum atomic E-state index is 13.3. The van der Waals surface area contributed by atoms with E-state index in [4.69, 9.17) is 9.47 Å². The Hall–Kier alpha value is -2.17. The molecule has 0 N–H and O–H groups in total.